The Kier molecular flexibility index (Phi) is 3.57. The highest BCUT2D eigenvalue weighted by molar-refractivity contribution is 5.77. The number of nitrogens with zero attached hydrogens (tertiary/aromatic N) is 1. The van der Waals surface area contributed by atoms with E-state index in [2.05, 4.69) is 10.2 Å². The van der Waals surface area contributed by atoms with Crippen molar-refractivity contribution in [2.75, 3.05) is 32.8 Å². The predicted molar refractivity (Wildman–Crippen MR) is 69.2 cm³/mol. The molecule has 2 saturated heterocycles. The van der Waals surface area contributed by atoms with Gasteiger partial charge in [-0.25, -0.2) is 0 Å². The zero-order valence-electron chi connectivity index (χ0n) is 11.2. The van der Waals surface area contributed by atoms with E-state index in [9.17, 15) is 4.79 Å². The summed E-state index contributed by atoms with van der Waals surface area (Å²) in [6, 6.07) is 0. The van der Waals surface area contributed by atoms with E-state index in [1.54, 1.807) is 0 Å². The Morgan fingerprint density at radius 3 is 2.56 bits per heavy atom. The normalized spacial score (nSPS) is 38.6. The molecule has 0 aromatic heterocycles. The van der Waals surface area contributed by atoms with Gasteiger partial charge in [0.15, 0.2) is 0 Å². The number of carbonyl (C=O) groups is 1. The van der Waals surface area contributed by atoms with Gasteiger partial charge in [0, 0.05) is 39.2 Å². The zero-order valence-corrected chi connectivity index (χ0v) is 11.2. The van der Waals surface area contributed by atoms with Crippen molar-refractivity contribution in [2.45, 2.75) is 32.3 Å². The van der Waals surface area contributed by atoms with Crippen molar-refractivity contribution < 1.29 is 9.53 Å². The molecule has 0 aromatic carbocycles. The Bertz CT molecular complexity index is 303. The lowest BCUT2D eigenvalue weighted by Crippen LogP contribution is -2.38. The van der Waals surface area contributed by atoms with Gasteiger partial charge in [-0.05, 0) is 37.5 Å². The van der Waals surface area contributed by atoms with Gasteiger partial charge in [-0.3, -0.25) is 4.79 Å². The van der Waals surface area contributed by atoms with Crippen LogP contribution in [0.5, 0.6) is 0 Å². The van der Waals surface area contributed by atoms with Gasteiger partial charge in [0.05, 0.1) is 6.10 Å². The Morgan fingerprint density at radius 1 is 1.28 bits per heavy atom. The van der Waals surface area contributed by atoms with E-state index in [0.29, 0.717) is 29.8 Å². The third-order valence-electron chi connectivity index (χ3n) is 4.80. The van der Waals surface area contributed by atoms with E-state index in [1.165, 1.54) is 0 Å². The second-order valence-corrected chi connectivity index (χ2v) is 6.10. The molecule has 0 bridgehead atoms. The van der Waals surface area contributed by atoms with Gasteiger partial charge < -0.3 is 15.0 Å². The van der Waals surface area contributed by atoms with Crippen LogP contribution in [0.2, 0.25) is 0 Å². The lowest BCUT2D eigenvalue weighted by molar-refractivity contribution is -0.133. The van der Waals surface area contributed by atoms with Crippen LogP contribution in [0.3, 0.4) is 0 Å². The molecule has 4 nitrogen and oxygen atoms in total. The molecular weight excluding hydrogens is 228 g/mol. The zero-order chi connectivity index (χ0) is 12.5. The Morgan fingerprint density at radius 2 is 1.94 bits per heavy atom. The summed E-state index contributed by atoms with van der Waals surface area (Å²) >= 11 is 0. The quantitative estimate of drug-likeness (QED) is 0.807. The fraction of sp³-hybridized carbons (Fsp3) is 0.929. The van der Waals surface area contributed by atoms with Crippen LogP contribution in [0, 0.1) is 17.8 Å². The molecule has 2 heterocycles. The lowest BCUT2D eigenvalue weighted by atomic mass is 9.80. The first-order valence-corrected chi connectivity index (χ1v) is 7.36. The van der Waals surface area contributed by atoms with Crippen LogP contribution in [0.4, 0.5) is 0 Å². The average Bonchev–Trinajstić information content (AvgIpc) is 2.85. The predicted octanol–water partition coefficient (Wildman–Crippen LogP) is 0.869. The molecule has 1 aliphatic carbocycles. The molecular formula is C14H24N2O2. The van der Waals surface area contributed by atoms with Crippen LogP contribution in [-0.2, 0) is 9.53 Å². The summed E-state index contributed by atoms with van der Waals surface area (Å²) in [6.07, 6.45) is 3.34. The maximum absolute atomic E-state index is 12.2. The van der Waals surface area contributed by atoms with Crippen molar-refractivity contribution in [3.8, 4) is 0 Å². The summed E-state index contributed by atoms with van der Waals surface area (Å²) in [4.78, 5) is 14.3. The molecule has 18 heavy (non-hydrogen) atoms. The molecule has 1 saturated carbocycles. The second-order valence-electron chi connectivity index (χ2n) is 6.10. The minimum Gasteiger partial charge on any atom is -0.378 e. The second kappa shape index (κ2) is 5.17. The third-order valence-corrected chi connectivity index (χ3v) is 4.80. The lowest BCUT2D eigenvalue weighted by Gasteiger charge is -2.35. The molecule has 3 fully saturated rings. The van der Waals surface area contributed by atoms with Crippen LogP contribution in [0.15, 0.2) is 0 Å². The van der Waals surface area contributed by atoms with Crippen LogP contribution in [-0.4, -0.2) is 49.7 Å². The smallest absolute Gasteiger partial charge is 0.222 e. The number of fused-ring (bicyclic) bond motifs is 1. The van der Waals surface area contributed by atoms with E-state index in [-0.39, 0.29) is 0 Å². The summed E-state index contributed by atoms with van der Waals surface area (Å²) < 4.78 is 5.54. The highest BCUT2D eigenvalue weighted by Gasteiger charge is 2.39. The summed E-state index contributed by atoms with van der Waals surface area (Å²) in [6.45, 7) is 7.01. The molecule has 3 rings (SSSR count). The molecule has 2 atom stereocenters. The fourth-order valence-corrected chi connectivity index (χ4v) is 3.65. The van der Waals surface area contributed by atoms with Crippen LogP contribution in [0.25, 0.3) is 0 Å². The fourth-order valence-electron chi connectivity index (χ4n) is 3.65. The molecule has 1 N–H and O–H groups in total. The SMILES string of the molecule is CCOC1CC(CC(=O)N2CC3CNCC3C2)C1. The number of rotatable bonds is 4. The molecule has 2 unspecified atom stereocenters. The molecule has 4 heteroatoms. The minimum absolute atomic E-state index is 0.379. The molecule has 0 spiro atoms. The molecule has 1 amide bonds. The van der Waals surface area contributed by atoms with Gasteiger partial charge in [-0.2, -0.15) is 0 Å². The van der Waals surface area contributed by atoms with E-state index < -0.39 is 0 Å². The first kappa shape index (κ1) is 12.4. The minimum atomic E-state index is 0.379. The maximum atomic E-state index is 12.2. The van der Waals surface area contributed by atoms with Gasteiger partial charge in [0.1, 0.15) is 0 Å². The first-order valence-electron chi connectivity index (χ1n) is 7.36. The van der Waals surface area contributed by atoms with Gasteiger partial charge in [-0.15, -0.1) is 0 Å². The Labute approximate surface area is 109 Å². The third kappa shape index (κ3) is 2.41. The largest absolute Gasteiger partial charge is 0.378 e. The maximum Gasteiger partial charge on any atom is 0.222 e. The summed E-state index contributed by atoms with van der Waals surface area (Å²) in [5.74, 6) is 2.38. The Balaban J connectivity index is 1.41. The number of likely N-dealkylation sites (tertiary alicyclic amines) is 1. The number of carbonyl (C=O) groups excluding carboxylic acids is 1. The molecule has 0 radical (unpaired) electrons. The van der Waals surface area contributed by atoms with E-state index in [4.69, 9.17) is 4.74 Å². The van der Waals surface area contributed by atoms with Gasteiger partial charge in [0.25, 0.3) is 0 Å². The number of ether oxygens (including phenoxy) is 1. The molecule has 102 valence electrons. The number of amides is 1. The van der Waals surface area contributed by atoms with Crippen LogP contribution in [0.1, 0.15) is 26.2 Å². The number of nitrogens with one attached hydrogen (secondary N) is 1. The molecule has 2 aliphatic heterocycles. The van der Waals surface area contributed by atoms with Crippen molar-refractivity contribution in [1.29, 1.82) is 0 Å². The molecule has 0 aromatic rings. The van der Waals surface area contributed by atoms with Gasteiger partial charge >= 0.3 is 0 Å². The van der Waals surface area contributed by atoms with Crippen molar-refractivity contribution in [2.24, 2.45) is 17.8 Å². The Hall–Kier alpha value is -0.610. The van der Waals surface area contributed by atoms with E-state index >= 15 is 0 Å². The van der Waals surface area contributed by atoms with Crippen LogP contribution >= 0.6 is 0 Å². The van der Waals surface area contributed by atoms with Gasteiger partial charge in [0.2, 0.25) is 5.91 Å². The van der Waals surface area contributed by atoms with E-state index in [1.807, 2.05) is 6.92 Å². The first-order chi connectivity index (χ1) is 8.76. The highest BCUT2D eigenvalue weighted by atomic mass is 16.5. The van der Waals surface area contributed by atoms with Crippen molar-refractivity contribution in [3.05, 3.63) is 0 Å². The summed E-state index contributed by atoms with van der Waals surface area (Å²) in [5, 5.41) is 3.41. The van der Waals surface area contributed by atoms with Crippen molar-refractivity contribution >= 4 is 5.91 Å². The highest BCUT2D eigenvalue weighted by Crippen LogP contribution is 2.34. The number of hydrogen-bond donors (Lipinski definition) is 1. The van der Waals surface area contributed by atoms with Crippen molar-refractivity contribution in [3.63, 3.8) is 0 Å². The van der Waals surface area contributed by atoms with Crippen LogP contribution < -0.4 is 5.32 Å². The summed E-state index contributed by atoms with van der Waals surface area (Å²) in [7, 11) is 0. The molecule has 3 aliphatic rings. The van der Waals surface area contributed by atoms with Crippen molar-refractivity contribution in [1.82, 2.24) is 10.2 Å². The van der Waals surface area contributed by atoms with Gasteiger partial charge in [-0.1, -0.05) is 0 Å². The average molecular weight is 252 g/mol. The van der Waals surface area contributed by atoms with E-state index in [0.717, 1.165) is 52.0 Å². The number of hydrogen-bond acceptors (Lipinski definition) is 3. The summed E-state index contributed by atoms with van der Waals surface area (Å²) in [5.41, 5.74) is 0. The monoisotopic (exact) mass is 252 g/mol. The standard InChI is InChI=1S/C14H24N2O2/c1-2-18-13-3-10(4-13)5-14(17)16-8-11-6-15-7-12(11)9-16/h10-13,15H,2-9H2,1H3. The topological polar surface area (TPSA) is 41.6 Å².